The van der Waals surface area contributed by atoms with E-state index >= 15 is 0 Å². The first kappa shape index (κ1) is 31.8. The molecule has 0 fully saturated rings. The van der Waals surface area contributed by atoms with Gasteiger partial charge in [-0.3, -0.25) is 0 Å². The van der Waals surface area contributed by atoms with E-state index in [1.165, 1.54) is 38.6 Å². The van der Waals surface area contributed by atoms with Crippen LogP contribution >= 0.6 is 0 Å². The second-order valence-corrected chi connectivity index (χ2v) is 14.7. The van der Waals surface area contributed by atoms with Crippen molar-refractivity contribution in [2.45, 2.75) is 34.6 Å². The normalized spacial score (nSPS) is 9.12. The standard InChI is InChI=1S/C10H15.3C6H5.2CO.Fe.Sn/c1-6-7(2)9(4)10(5)8(6)3;3*1-2-4-6-5-3-1;2*1-2;;/h1-5H3;3*1-5H;;;;/q-1;;;;;;+3;. The maximum atomic E-state index is 7.50. The van der Waals surface area contributed by atoms with Gasteiger partial charge in [0.1, 0.15) is 0 Å². The Balaban J connectivity index is 0.000000620. The summed E-state index contributed by atoms with van der Waals surface area (Å²) in [6.07, 6.45) is 0. The van der Waals surface area contributed by atoms with Crippen molar-refractivity contribution in [2.75, 3.05) is 0 Å². The Morgan fingerprint density at radius 3 is 0.941 bits per heavy atom. The summed E-state index contributed by atoms with van der Waals surface area (Å²) in [6.45, 7) is 20.0. The molecule has 4 aromatic rings. The zero-order chi connectivity index (χ0) is 24.8. The fourth-order valence-corrected chi connectivity index (χ4v) is 11.1. The molecule has 0 saturated carbocycles. The van der Waals surface area contributed by atoms with Crippen LogP contribution < -0.4 is 10.7 Å². The summed E-state index contributed by atoms with van der Waals surface area (Å²) in [5, 5.41) is 0. The van der Waals surface area contributed by atoms with Crippen LogP contribution in [0.4, 0.5) is 0 Å². The summed E-state index contributed by atoms with van der Waals surface area (Å²) in [5.74, 6) is 0. The summed E-state index contributed by atoms with van der Waals surface area (Å²) in [4.78, 5) is 0. The Hall–Kier alpha value is -2.19. The van der Waals surface area contributed by atoms with E-state index in [4.69, 9.17) is 9.30 Å². The van der Waals surface area contributed by atoms with E-state index < -0.39 is 19.8 Å². The third-order valence-corrected chi connectivity index (χ3v) is 13.8. The van der Waals surface area contributed by atoms with E-state index in [0.717, 1.165) is 0 Å². The fraction of sp³-hybridized carbons (Fsp3) is 0.167. The van der Waals surface area contributed by atoms with Crippen LogP contribution in [0.3, 0.4) is 0 Å². The first-order valence-electron chi connectivity index (χ1n) is 10.6. The SMILES string of the molecule is Cc1c(C)c(C)[c-](C)c1C.[C-]#[O+].[C-]#[O+].[Fe+3].c1cc[c]([Sn]([c]2ccccc2)[c]2ccccc2)cc1. The topological polar surface area (TPSA) is 39.8 Å². The molecule has 0 N–H and O–H groups in total. The summed E-state index contributed by atoms with van der Waals surface area (Å²) in [6, 6.07) is 32.9. The fourth-order valence-electron chi connectivity index (χ4n) is 3.72. The van der Waals surface area contributed by atoms with E-state index in [2.05, 4.69) is 139 Å². The van der Waals surface area contributed by atoms with Crippen molar-refractivity contribution in [2.24, 2.45) is 0 Å². The van der Waals surface area contributed by atoms with Gasteiger partial charge in [0.15, 0.2) is 0 Å². The van der Waals surface area contributed by atoms with Crippen molar-refractivity contribution >= 4 is 30.5 Å². The molecule has 0 aliphatic rings. The van der Waals surface area contributed by atoms with Crippen molar-refractivity contribution in [1.29, 1.82) is 0 Å². The van der Waals surface area contributed by atoms with Gasteiger partial charge in [-0.1, -0.05) is 34.6 Å². The van der Waals surface area contributed by atoms with Crippen LogP contribution in [0.15, 0.2) is 91.0 Å². The van der Waals surface area contributed by atoms with Crippen molar-refractivity contribution in [1.82, 2.24) is 0 Å². The average molecular weight is 597 g/mol. The molecule has 2 radical (unpaired) electrons. The van der Waals surface area contributed by atoms with Crippen molar-refractivity contribution in [3.8, 4) is 0 Å². The van der Waals surface area contributed by atoms with Gasteiger partial charge in [-0.25, -0.2) is 0 Å². The Labute approximate surface area is 222 Å². The van der Waals surface area contributed by atoms with Gasteiger partial charge in [0.05, 0.1) is 0 Å². The van der Waals surface area contributed by atoms with Crippen LogP contribution in [0, 0.1) is 47.9 Å². The number of rotatable bonds is 3. The van der Waals surface area contributed by atoms with Gasteiger partial charge in [0.2, 0.25) is 0 Å². The Morgan fingerprint density at radius 1 is 0.529 bits per heavy atom. The molecule has 0 unspecified atom stereocenters. The molecule has 0 aliphatic heterocycles. The average Bonchev–Trinajstić information content (AvgIpc) is 3.06. The molecular weight excluding hydrogens is 567 g/mol. The molecule has 4 rings (SSSR count). The maximum absolute atomic E-state index is 7.50. The second-order valence-electron chi connectivity index (χ2n) is 7.60. The van der Waals surface area contributed by atoms with E-state index in [1.807, 2.05) is 0 Å². The number of hydrogen-bond acceptors (Lipinski definition) is 0. The summed E-state index contributed by atoms with van der Waals surface area (Å²) < 4.78 is 19.6. The second kappa shape index (κ2) is 17.3. The van der Waals surface area contributed by atoms with Gasteiger partial charge in [-0.05, 0) is 0 Å². The zero-order valence-corrected chi connectivity index (χ0v) is 24.3. The predicted octanol–water partition coefficient (Wildman–Crippen LogP) is 5.07. The Morgan fingerprint density at radius 2 is 0.765 bits per heavy atom. The molecule has 4 heteroatoms. The molecule has 34 heavy (non-hydrogen) atoms. The zero-order valence-electron chi connectivity index (χ0n) is 20.3. The van der Waals surface area contributed by atoms with Gasteiger partial charge >= 0.3 is 161 Å². The first-order valence-corrected chi connectivity index (χ1v) is 14.9. The van der Waals surface area contributed by atoms with Crippen LogP contribution in [0.2, 0.25) is 0 Å². The molecule has 0 spiro atoms. The van der Waals surface area contributed by atoms with Gasteiger partial charge in [-0.15, -0.1) is 0 Å². The summed E-state index contributed by atoms with van der Waals surface area (Å²) in [5.41, 5.74) is 7.34. The van der Waals surface area contributed by atoms with E-state index in [0.29, 0.717) is 0 Å². The minimum atomic E-state index is -1.98. The molecule has 2 nitrogen and oxygen atoms in total. The predicted molar refractivity (Wildman–Crippen MR) is 138 cm³/mol. The first-order chi connectivity index (χ1) is 16.0. The molecule has 0 aliphatic carbocycles. The third-order valence-electron chi connectivity index (χ3n) is 6.00. The molecule has 172 valence electrons. The van der Waals surface area contributed by atoms with Crippen LogP contribution in [-0.4, -0.2) is 19.8 Å². The van der Waals surface area contributed by atoms with Crippen molar-refractivity contribution in [3.05, 3.63) is 132 Å². The summed E-state index contributed by atoms with van der Waals surface area (Å²) in [7, 11) is 0. The number of hydrogen-bond donors (Lipinski definition) is 0. The van der Waals surface area contributed by atoms with Gasteiger partial charge in [-0.2, -0.15) is 27.8 Å². The number of benzene rings is 3. The summed E-state index contributed by atoms with van der Waals surface area (Å²) >= 11 is -1.98. The molecular formula is C30H30FeO2Sn+2. The Bertz CT molecular complexity index is 951. The molecule has 0 atom stereocenters. The van der Waals surface area contributed by atoms with Crippen molar-refractivity contribution in [3.63, 3.8) is 0 Å². The van der Waals surface area contributed by atoms with Gasteiger partial charge < -0.3 is 0 Å². The van der Waals surface area contributed by atoms with Crippen LogP contribution in [0.1, 0.15) is 27.8 Å². The van der Waals surface area contributed by atoms with Crippen molar-refractivity contribution < 1.29 is 26.4 Å². The van der Waals surface area contributed by atoms with E-state index in [-0.39, 0.29) is 17.1 Å². The van der Waals surface area contributed by atoms with Gasteiger partial charge in [0.25, 0.3) is 0 Å². The molecule has 0 heterocycles. The van der Waals surface area contributed by atoms with Crippen LogP contribution in [0.5, 0.6) is 0 Å². The molecule has 4 aromatic carbocycles. The third kappa shape index (κ3) is 8.54. The molecule has 0 saturated heterocycles. The Kier molecular flexibility index (Phi) is 16.2. The van der Waals surface area contributed by atoms with E-state index in [1.54, 1.807) is 0 Å². The molecule has 0 amide bonds. The quantitative estimate of drug-likeness (QED) is 0.180. The molecule has 0 bridgehead atoms. The van der Waals surface area contributed by atoms with Crippen LogP contribution in [-0.2, 0) is 26.4 Å². The monoisotopic (exact) mass is 598 g/mol. The molecule has 0 aromatic heterocycles. The van der Waals surface area contributed by atoms with E-state index in [9.17, 15) is 0 Å². The van der Waals surface area contributed by atoms with Crippen LogP contribution in [0.25, 0.3) is 0 Å². The minimum absolute atomic E-state index is 0. The van der Waals surface area contributed by atoms with Gasteiger partial charge in [0, 0.05) is 0 Å².